The molecule has 3 nitrogen and oxygen atoms in total. The van der Waals surface area contributed by atoms with Crippen molar-refractivity contribution in [2.45, 2.75) is 6.18 Å². The molecule has 0 radical (unpaired) electrons. The Balaban J connectivity index is 2.25. The highest BCUT2D eigenvalue weighted by atomic mass is 79.9. The Labute approximate surface area is 131 Å². The van der Waals surface area contributed by atoms with Gasteiger partial charge in [-0.2, -0.15) is 13.2 Å². The molecule has 0 spiro atoms. The number of aromatic nitrogens is 1. The second kappa shape index (κ2) is 6.03. The molecule has 21 heavy (non-hydrogen) atoms. The van der Waals surface area contributed by atoms with Gasteiger partial charge in [-0.3, -0.25) is 4.79 Å². The van der Waals surface area contributed by atoms with Gasteiger partial charge in [-0.25, -0.2) is 4.98 Å². The molecule has 2 rings (SSSR count). The quantitative estimate of drug-likeness (QED) is 0.764. The lowest BCUT2D eigenvalue weighted by atomic mass is 10.2. The number of carbonyl (C=O) groups excluding carboxylic acids is 1. The van der Waals surface area contributed by atoms with E-state index in [4.69, 9.17) is 11.6 Å². The molecule has 0 aliphatic rings. The van der Waals surface area contributed by atoms with Crippen LogP contribution >= 0.6 is 27.5 Å². The van der Waals surface area contributed by atoms with Crippen LogP contribution in [0.4, 0.5) is 18.9 Å². The van der Waals surface area contributed by atoms with Gasteiger partial charge < -0.3 is 5.32 Å². The van der Waals surface area contributed by atoms with Gasteiger partial charge in [0.05, 0.1) is 21.8 Å². The van der Waals surface area contributed by atoms with Gasteiger partial charge in [0.1, 0.15) is 4.60 Å². The van der Waals surface area contributed by atoms with Gasteiger partial charge >= 0.3 is 6.18 Å². The van der Waals surface area contributed by atoms with Crippen molar-refractivity contribution >= 4 is 39.1 Å². The number of nitrogens with zero attached hydrogens (tertiary/aromatic N) is 1. The van der Waals surface area contributed by atoms with E-state index in [2.05, 4.69) is 26.2 Å². The molecular weight excluding hydrogens is 373 g/mol. The maximum absolute atomic E-state index is 12.5. The summed E-state index contributed by atoms with van der Waals surface area (Å²) in [5, 5.41) is 2.24. The smallest absolute Gasteiger partial charge is 0.321 e. The van der Waals surface area contributed by atoms with E-state index in [9.17, 15) is 18.0 Å². The van der Waals surface area contributed by atoms with Crippen LogP contribution in [0.25, 0.3) is 0 Å². The number of rotatable bonds is 2. The van der Waals surface area contributed by atoms with E-state index >= 15 is 0 Å². The molecule has 0 aliphatic carbocycles. The molecule has 0 unspecified atom stereocenters. The van der Waals surface area contributed by atoms with Crippen LogP contribution in [-0.4, -0.2) is 10.9 Å². The number of hydrogen-bond acceptors (Lipinski definition) is 2. The van der Waals surface area contributed by atoms with Gasteiger partial charge in [0.15, 0.2) is 0 Å². The van der Waals surface area contributed by atoms with Crippen LogP contribution < -0.4 is 5.32 Å². The first-order chi connectivity index (χ1) is 9.79. The molecule has 0 saturated heterocycles. The summed E-state index contributed by atoms with van der Waals surface area (Å²) in [5.74, 6) is -0.531. The zero-order valence-corrected chi connectivity index (χ0v) is 12.6. The molecule has 1 N–H and O–H groups in total. The minimum atomic E-state index is -4.49. The molecular formula is C13H7BrClF3N2O. The molecule has 1 heterocycles. The normalized spacial score (nSPS) is 11.3. The first-order valence-electron chi connectivity index (χ1n) is 5.57. The lowest BCUT2D eigenvalue weighted by Gasteiger charge is -2.11. The van der Waals surface area contributed by atoms with Crippen LogP contribution in [0.15, 0.2) is 41.1 Å². The maximum Gasteiger partial charge on any atom is 0.416 e. The molecule has 0 aliphatic heterocycles. The Morgan fingerprint density at radius 1 is 1.29 bits per heavy atom. The number of pyridine rings is 1. The monoisotopic (exact) mass is 378 g/mol. The summed E-state index contributed by atoms with van der Waals surface area (Å²) in [7, 11) is 0. The van der Waals surface area contributed by atoms with E-state index in [0.717, 1.165) is 18.2 Å². The van der Waals surface area contributed by atoms with Crippen molar-refractivity contribution in [3.05, 3.63) is 57.3 Å². The molecule has 1 amide bonds. The summed E-state index contributed by atoms with van der Waals surface area (Å²) < 4.78 is 37.9. The number of alkyl halides is 3. The van der Waals surface area contributed by atoms with Gasteiger partial charge in [-0.05, 0) is 46.3 Å². The summed E-state index contributed by atoms with van der Waals surface area (Å²) in [6, 6.07) is 5.79. The van der Waals surface area contributed by atoms with E-state index in [1.807, 2.05) is 0 Å². The Morgan fingerprint density at radius 3 is 2.57 bits per heavy atom. The Morgan fingerprint density at radius 2 is 2.00 bits per heavy atom. The van der Waals surface area contributed by atoms with Crippen LogP contribution in [-0.2, 0) is 6.18 Å². The first-order valence-corrected chi connectivity index (χ1v) is 6.75. The minimum Gasteiger partial charge on any atom is -0.321 e. The molecule has 0 bridgehead atoms. The van der Waals surface area contributed by atoms with Crippen molar-refractivity contribution in [3.8, 4) is 0 Å². The Hall–Kier alpha value is -1.60. The largest absolute Gasteiger partial charge is 0.416 e. The van der Waals surface area contributed by atoms with Crippen molar-refractivity contribution in [3.63, 3.8) is 0 Å². The molecule has 1 aromatic heterocycles. The molecule has 0 atom stereocenters. The number of anilines is 1. The number of benzene rings is 1. The fourth-order valence-electron chi connectivity index (χ4n) is 1.54. The van der Waals surface area contributed by atoms with E-state index in [1.165, 1.54) is 12.3 Å². The summed E-state index contributed by atoms with van der Waals surface area (Å²) in [6.07, 6.45) is -3.00. The standard InChI is InChI=1S/C13H7BrClF3N2O/c14-11-8(2-1-5-19-11)12(21)20-10-4-3-7(6-9(10)15)13(16,17)18/h1-6H,(H,20,21). The summed E-state index contributed by atoms with van der Waals surface area (Å²) in [4.78, 5) is 15.9. The number of carbonyl (C=O) groups is 1. The Kier molecular flexibility index (Phi) is 4.53. The number of halogens is 5. The molecule has 0 saturated carbocycles. The predicted octanol–water partition coefficient (Wildman–Crippen LogP) is 4.77. The minimum absolute atomic E-state index is 0.0884. The zero-order valence-electron chi connectivity index (χ0n) is 10.2. The van der Waals surface area contributed by atoms with Crippen LogP contribution in [0.3, 0.4) is 0 Å². The zero-order chi connectivity index (χ0) is 15.6. The van der Waals surface area contributed by atoms with Crippen LogP contribution in [0, 0.1) is 0 Å². The lowest BCUT2D eigenvalue weighted by Crippen LogP contribution is -2.14. The molecule has 2 aromatic rings. The SMILES string of the molecule is O=C(Nc1ccc(C(F)(F)F)cc1Cl)c1cccnc1Br. The first kappa shape index (κ1) is 15.8. The third kappa shape index (κ3) is 3.74. The molecule has 0 fully saturated rings. The highest BCUT2D eigenvalue weighted by Gasteiger charge is 2.31. The van der Waals surface area contributed by atoms with E-state index < -0.39 is 17.6 Å². The van der Waals surface area contributed by atoms with Crippen molar-refractivity contribution in [1.82, 2.24) is 4.98 Å². The van der Waals surface area contributed by atoms with Crippen molar-refractivity contribution < 1.29 is 18.0 Å². The highest BCUT2D eigenvalue weighted by molar-refractivity contribution is 9.10. The second-order valence-electron chi connectivity index (χ2n) is 3.99. The number of nitrogens with one attached hydrogen (secondary N) is 1. The Bertz CT molecular complexity index is 691. The summed E-state index contributed by atoms with van der Waals surface area (Å²) >= 11 is 8.88. The summed E-state index contributed by atoms with van der Waals surface area (Å²) in [6.45, 7) is 0. The predicted molar refractivity (Wildman–Crippen MR) is 76.3 cm³/mol. The van der Waals surface area contributed by atoms with Gasteiger partial charge in [-0.15, -0.1) is 0 Å². The average Bonchev–Trinajstić information content (AvgIpc) is 2.40. The van der Waals surface area contributed by atoms with Crippen molar-refractivity contribution in [1.29, 1.82) is 0 Å². The molecule has 8 heteroatoms. The van der Waals surface area contributed by atoms with Crippen LogP contribution in [0.2, 0.25) is 5.02 Å². The molecule has 1 aromatic carbocycles. The van der Waals surface area contributed by atoms with Gasteiger partial charge in [0.25, 0.3) is 5.91 Å². The third-order valence-corrected chi connectivity index (χ3v) is 3.49. The lowest BCUT2D eigenvalue weighted by molar-refractivity contribution is -0.137. The van der Waals surface area contributed by atoms with E-state index in [1.54, 1.807) is 6.07 Å². The topological polar surface area (TPSA) is 42.0 Å². The second-order valence-corrected chi connectivity index (χ2v) is 5.15. The van der Waals surface area contributed by atoms with Crippen LogP contribution in [0.1, 0.15) is 15.9 Å². The number of amides is 1. The van der Waals surface area contributed by atoms with Gasteiger partial charge in [0, 0.05) is 6.20 Å². The highest BCUT2D eigenvalue weighted by Crippen LogP contribution is 2.34. The van der Waals surface area contributed by atoms with Gasteiger partial charge in [-0.1, -0.05) is 11.6 Å². The fraction of sp³-hybridized carbons (Fsp3) is 0.0769. The maximum atomic E-state index is 12.5. The van der Waals surface area contributed by atoms with E-state index in [0.29, 0.717) is 4.60 Å². The van der Waals surface area contributed by atoms with E-state index in [-0.39, 0.29) is 16.3 Å². The summed E-state index contributed by atoms with van der Waals surface area (Å²) in [5.41, 5.74) is -0.549. The average molecular weight is 380 g/mol. The molecule has 110 valence electrons. The van der Waals surface area contributed by atoms with Gasteiger partial charge in [0.2, 0.25) is 0 Å². The number of hydrogen-bond donors (Lipinski definition) is 1. The fourth-order valence-corrected chi connectivity index (χ4v) is 2.20. The third-order valence-electron chi connectivity index (χ3n) is 2.55. The van der Waals surface area contributed by atoms with Crippen LogP contribution in [0.5, 0.6) is 0 Å². The van der Waals surface area contributed by atoms with Crippen molar-refractivity contribution in [2.24, 2.45) is 0 Å². The van der Waals surface area contributed by atoms with Crippen molar-refractivity contribution in [2.75, 3.05) is 5.32 Å².